The topological polar surface area (TPSA) is 106 Å². The van der Waals surface area contributed by atoms with Crippen LogP contribution in [0.15, 0.2) is 0 Å². The maximum absolute atomic E-state index is 12.8. The van der Waals surface area contributed by atoms with Crippen molar-refractivity contribution < 1.29 is 19.4 Å². The van der Waals surface area contributed by atoms with Gasteiger partial charge in [-0.25, -0.2) is 4.98 Å². The van der Waals surface area contributed by atoms with Gasteiger partial charge in [-0.05, 0) is 19.8 Å². The summed E-state index contributed by atoms with van der Waals surface area (Å²) >= 11 is 1.08. The van der Waals surface area contributed by atoms with Crippen molar-refractivity contribution >= 4 is 23.2 Å². The van der Waals surface area contributed by atoms with E-state index >= 15 is 0 Å². The molecule has 0 saturated carbocycles. The Morgan fingerprint density at radius 3 is 2.77 bits per heavy atom. The fraction of sp³-hybridized carbons (Fsp3) is 0.643. The van der Waals surface area contributed by atoms with E-state index in [4.69, 9.17) is 10.5 Å². The van der Waals surface area contributed by atoms with Gasteiger partial charge in [0.15, 0.2) is 5.01 Å². The van der Waals surface area contributed by atoms with Crippen LogP contribution in [0.3, 0.4) is 0 Å². The van der Waals surface area contributed by atoms with Crippen LogP contribution in [-0.4, -0.2) is 58.7 Å². The van der Waals surface area contributed by atoms with Crippen molar-refractivity contribution in [3.05, 3.63) is 15.6 Å². The smallest absolute Gasteiger partial charge is 0.277 e. The van der Waals surface area contributed by atoms with Crippen molar-refractivity contribution in [2.45, 2.75) is 37.8 Å². The lowest BCUT2D eigenvalue weighted by Crippen LogP contribution is -2.35. The lowest BCUT2D eigenvalue weighted by Gasteiger charge is -2.21. The van der Waals surface area contributed by atoms with E-state index in [1.54, 1.807) is 4.90 Å². The lowest BCUT2D eigenvalue weighted by molar-refractivity contribution is 0.0739. The highest BCUT2D eigenvalue weighted by atomic mass is 32.1. The highest BCUT2D eigenvalue weighted by molar-refractivity contribution is 7.14. The third-order valence-electron chi connectivity index (χ3n) is 4.27. The summed E-state index contributed by atoms with van der Waals surface area (Å²) < 4.78 is 5.26. The SMILES string of the molecule is C[C@H]1CCCN1C(=O)c1nc(C(N)=O)sc1[C@@H]1COC[C@H]1O. The number of amides is 2. The number of nitrogens with zero attached hydrogens (tertiary/aromatic N) is 2. The number of carbonyl (C=O) groups is 2. The number of carbonyl (C=O) groups excluding carboxylic acids is 2. The highest BCUT2D eigenvalue weighted by Crippen LogP contribution is 2.34. The van der Waals surface area contributed by atoms with Gasteiger partial charge in [0.2, 0.25) is 0 Å². The fourth-order valence-corrected chi connectivity index (χ4v) is 4.06. The number of aromatic nitrogens is 1. The Bertz CT molecular complexity index is 603. The van der Waals surface area contributed by atoms with Crippen LogP contribution in [0.4, 0.5) is 0 Å². The Kier molecular flexibility index (Phi) is 4.16. The molecule has 0 bridgehead atoms. The number of aliphatic hydroxyl groups excluding tert-OH is 1. The Balaban J connectivity index is 1.98. The molecule has 2 fully saturated rings. The number of aliphatic hydroxyl groups is 1. The second-order valence-electron chi connectivity index (χ2n) is 5.80. The van der Waals surface area contributed by atoms with Gasteiger partial charge in [0.25, 0.3) is 11.8 Å². The molecule has 3 atom stereocenters. The molecule has 3 rings (SSSR count). The number of hydrogen-bond acceptors (Lipinski definition) is 6. The number of nitrogens with two attached hydrogens (primary N) is 1. The summed E-state index contributed by atoms with van der Waals surface area (Å²) in [5, 5.41) is 10.1. The van der Waals surface area contributed by atoms with E-state index in [-0.39, 0.29) is 35.2 Å². The maximum atomic E-state index is 12.8. The minimum atomic E-state index is -0.691. The van der Waals surface area contributed by atoms with Crippen molar-refractivity contribution in [2.75, 3.05) is 19.8 Å². The molecular formula is C14H19N3O4S. The molecule has 0 aromatic carbocycles. The summed E-state index contributed by atoms with van der Waals surface area (Å²) in [5.74, 6) is -1.18. The van der Waals surface area contributed by atoms with Gasteiger partial charge in [-0.3, -0.25) is 9.59 Å². The summed E-state index contributed by atoms with van der Waals surface area (Å²) in [6.45, 7) is 3.23. The monoisotopic (exact) mass is 325 g/mol. The molecule has 1 aromatic heterocycles. The molecular weight excluding hydrogens is 306 g/mol. The Labute approximate surface area is 132 Å². The second kappa shape index (κ2) is 5.94. The van der Waals surface area contributed by atoms with Gasteiger partial charge in [0, 0.05) is 23.4 Å². The average molecular weight is 325 g/mol. The summed E-state index contributed by atoms with van der Waals surface area (Å²) in [6.07, 6.45) is 1.23. The van der Waals surface area contributed by atoms with Gasteiger partial charge in [0.05, 0.1) is 19.3 Å². The molecule has 2 aliphatic heterocycles. The van der Waals surface area contributed by atoms with Crippen molar-refractivity contribution in [3.8, 4) is 0 Å². The molecule has 2 amide bonds. The third kappa shape index (κ3) is 2.62. The van der Waals surface area contributed by atoms with Crippen LogP contribution < -0.4 is 5.73 Å². The van der Waals surface area contributed by atoms with E-state index in [1.165, 1.54) is 0 Å². The van der Waals surface area contributed by atoms with Crippen LogP contribution in [0.2, 0.25) is 0 Å². The normalized spacial score (nSPS) is 28.3. The predicted molar refractivity (Wildman–Crippen MR) is 79.9 cm³/mol. The Hall–Kier alpha value is -1.51. The lowest BCUT2D eigenvalue weighted by atomic mass is 10.0. The summed E-state index contributed by atoms with van der Waals surface area (Å²) in [7, 11) is 0. The molecule has 0 radical (unpaired) electrons. The molecule has 0 aliphatic carbocycles. The first-order valence-electron chi connectivity index (χ1n) is 7.36. The third-order valence-corrected chi connectivity index (χ3v) is 5.47. The zero-order valence-corrected chi connectivity index (χ0v) is 13.1. The second-order valence-corrected chi connectivity index (χ2v) is 6.83. The molecule has 0 unspecified atom stereocenters. The number of rotatable bonds is 3. The molecule has 2 saturated heterocycles. The minimum absolute atomic E-state index is 0.101. The van der Waals surface area contributed by atoms with Crippen molar-refractivity contribution in [1.82, 2.24) is 9.88 Å². The number of primary amides is 1. The van der Waals surface area contributed by atoms with Gasteiger partial charge in [-0.1, -0.05) is 0 Å². The average Bonchev–Trinajstić information content (AvgIpc) is 3.16. The van der Waals surface area contributed by atoms with Crippen LogP contribution in [0.25, 0.3) is 0 Å². The Morgan fingerprint density at radius 2 is 2.23 bits per heavy atom. The summed E-state index contributed by atoms with van der Waals surface area (Å²) in [4.78, 5) is 30.7. The van der Waals surface area contributed by atoms with E-state index in [0.717, 1.165) is 24.2 Å². The number of ether oxygens (including phenoxy) is 1. The van der Waals surface area contributed by atoms with Crippen molar-refractivity contribution in [2.24, 2.45) is 5.73 Å². The first-order valence-corrected chi connectivity index (χ1v) is 8.18. The predicted octanol–water partition coefficient (Wildman–Crippen LogP) is 0.341. The minimum Gasteiger partial charge on any atom is -0.390 e. The molecule has 120 valence electrons. The standard InChI is InChI=1S/C14H19N3O4S/c1-7-3-2-4-17(7)14(20)10-11(8-5-21-6-9(8)18)22-13(16-10)12(15)19/h7-9,18H,2-6H2,1H3,(H2,15,19)/t7-,8+,9+/m0/s1. The molecule has 3 N–H and O–H groups in total. The molecule has 22 heavy (non-hydrogen) atoms. The molecule has 8 heteroatoms. The van der Waals surface area contributed by atoms with E-state index < -0.39 is 12.0 Å². The van der Waals surface area contributed by atoms with Crippen molar-refractivity contribution in [1.29, 1.82) is 0 Å². The zero-order valence-electron chi connectivity index (χ0n) is 12.3. The quantitative estimate of drug-likeness (QED) is 0.833. The van der Waals surface area contributed by atoms with E-state index in [1.807, 2.05) is 6.92 Å². The molecule has 7 nitrogen and oxygen atoms in total. The van der Waals surface area contributed by atoms with E-state index in [2.05, 4.69) is 4.98 Å². The summed E-state index contributed by atoms with van der Waals surface area (Å²) in [6, 6.07) is 0.156. The van der Waals surface area contributed by atoms with Gasteiger partial charge in [0.1, 0.15) is 5.69 Å². The van der Waals surface area contributed by atoms with Gasteiger partial charge >= 0.3 is 0 Å². The highest BCUT2D eigenvalue weighted by Gasteiger charge is 2.37. The van der Waals surface area contributed by atoms with Crippen LogP contribution in [0.1, 0.15) is 50.9 Å². The van der Waals surface area contributed by atoms with Crippen molar-refractivity contribution in [3.63, 3.8) is 0 Å². The van der Waals surface area contributed by atoms with Crippen LogP contribution in [0.5, 0.6) is 0 Å². The van der Waals surface area contributed by atoms with Gasteiger partial charge in [-0.15, -0.1) is 11.3 Å². The zero-order chi connectivity index (χ0) is 15.9. The van der Waals surface area contributed by atoms with E-state index in [0.29, 0.717) is 18.0 Å². The van der Waals surface area contributed by atoms with Crippen LogP contribution in [0, 0.1) is 0 Å². The first kappa shape index (κ1) is 15.4. The number of hydrogen-bond donors (Lipinski definition) is 2. The molecule has 2 aliphatic rings. The van der Waals surface area contributed by atoms with E-state index in [9.17, 15) is 14.7 Å². The van der Waals surface area contributed by atoms with Crippen LogP contribution in [-0.2, 0) is 4.74 Å². The fourth-order valence-electron chi connectivity index (χ4n) is 3.01. The molecule has 0 spiro atoms. The number of thiazole rings is 1. The number of likely N-dealkylation sites (tertiary alicyclic amines) is 1. The first-order chi connectivity index (χ1) is 10.5. The largest absolute Gasteiger partial charge is 0.390 e. The Morgan fingerprint density at radius 1 is 1.45 bits per heavy atom. The van der Waals surface area contributed by atoms with Crippen LogP contribution >= 0.6 is 11.3 Å². The van der Waals surface area contributed by atoms with Gasteiger partial charge < -0.3 is 20.5 Å². The van der Waals surface area contributed by atoms with Gasteiger partial charge in [-0.2, -0.15) is 0 Å². The molecule has 3 heterocycles. The maximum Gasteiger partial charge on any atom is 0.277 e. The molecule has 1 aromatic rings. The summed E-state index contributed by atoms with van der Waals surface area (Å²) in [5.41, 5.74) is 5.54.